The number of nitrogens with zero attached hydrogens (tertiary/aromatic N) is 1. The fourth-order valence-corrected chi connectivity index (χ4v) is 2.11. The van der Waals surface area contributed by atoms with Gasteiger partial charge in [-0.05, 0) is 31.9 Å². The average molecular weight is 298 g/mol. The normalized spacial score (nSPS) is 12.0. The molecule has 0 bridgehead atoms. The van der Waals surface area contributed by atoms with Gasteiger partial charge >= 0.3 is 0 Å². The van der Waals surface area contributed by atoms with Crippen LogP contribution in [-0.4, -0.2) is 30.0 Å². The van der Waals surface area contributed by atoms with Crippen molar-refractivity contribution in [3.8, 4) is 5.75 Å². The smallest absolute Gasteiger partial charge is 0.260 e. The fourth-order valence-electron chi connectivity index (χ4n) is 1.92. The maximum absolute atomic E-state index is 12.3. The van der Waals surface area contributed by atoms with Gasteiger partial charge in [-0.1, -0.05) is 44.0 Å². The van der Waals surface area contributed by atoms with E-state index in [1.54, 1.807) is 12.1 Å². The summed E-state index contributed by atoms with van der Waals surface area (Å²) in [6.07, 6.45) is 3.04. The molecule has 0 aromatic heterocycles. The van der Waals surface area contributed by atoms with Crippen LogP contribution in [0, 0.1) is 0 Å². The zero-order chi connectivity index (χ0) is 15.0. The van der Waals surface area contributed by atoms with Crippen molar-refractivity contribution in [3.63, 3.8) is 0 Å². The van der Waals surface area contributed by atoms with Gasteiger partial charge in [-0.25, -0.2) is 0 Å². The maximum atomic E-state index is 12.3. The van der Waals surface area contributed by atoms with Crippen LogP contribution < -0.4 is 4.74 Å². The Balaban J connectivity index is 2.59. The Morgan fingerprint density at radius 3 is 2.65 bits per heavy atom. The first-order chi connectivity index (χ1) is 9.60. The number of halogens is 1. The van der Waals surface area contributed by atoms with Crippen LogP contribution in [0.2, 0.25) is 5.02 Å². The first-order valence-corrected chi connectivity index (χ1v) is 7.64. The van der Waals surface area contributed by atoms with Crippen LogP contribution in [-0.2, 0) is 4.79 Å². The predicted molar refractivity (Wildman–Crippen MR) is 83.3 cm³/mol. The Kier molecular flexibility index (Phi) is 7.45. The van der Waals surface area contributed by atoms with Gasteiger partial charge < -0.3 is 9.64 Å². The van der Waals surface area contributed by atoms with Crippen LogP contribution in [0.1, 0.15) is 40.0 Å². The number of hydrogen-bond acceptors (Lipinski definition) is 2. The summed E-state index contributed by atoms with van der Waals surface area (Å²) in [4.78, 5) is 14.2. The zero-order valence-electron chi connectivity index (χ0n) is 12.6. The van der Waals surface area contributed by atoms with Gasteiger partial charge in [0.05, 0.1) is 5.02 Å². The molecular formula is C16H24ClNO2. The highest BCUT2D eigenvalue weighted by atomic mass is 35.5. The molecule has 1 aromatic rings. The number of rotatable bonds is 8. The number of para-hydroxylation sites is 1. The van der Waals surface area contributed by atoms with Crippen molar-refractivity contribution in [2.75, 3.05) is 13.2 Å². The molecule has 1 atom stereocenters. The highest BCUT2D eigenvalue weighted by Gasteiger charge is 2.19. The summed E-state index contributed by atoms with van der Waals surface area (Å²) in [7, 11) is 0. The van der Waals surface area contributed by atoms with Crippen LogP contribution in [0.15, 0.2) is 24.3 Å². The summed E-state index contributed by atoms with van der Waals surface area (Å²) in [5, 5.41) is 0.531. The largest absolute Gasteiger partial charge is 0.482 e. The van der Waals surface area contributed by atoms with Crippen molar-refractivity contribution in [1.82, 2.24) is 4.90 Å². The molecule has 0 aliphatic rings. The lowest BCUT2D eigenvalue weighted by molar-refractivity contribution is -0.135. The minimum absolute atomic E-state index is 0.0210. The Hall–Kier alpha value is -1.22. The highest BCUT2D eigenvalue weighted by molar-refractivity contribution is 6.32. The molecular weight excluding hydrogens is 274 g/mol. The number of amides is 1. The van der Waals surface area contributed by atoms with Gasteiger partial charge in [0, 0.05) is 12.6 Å². The molecule has 0 radical (unpaired) electrons. The van der Waals surface area contributed by atoms with Gasteiger partial charge in [0.1, 0.15) is 5.75 Å². The summed E-state index contributed by atoms with van der Waals surface area (Å²) in [5.74, 6) is 0.579. The van der Waals surface area contributed by atoms with Crippen molar-refractivity contribution < 1.29 is 9.53 Å². The number of carbonyl (C=O) groups excluding carboxylic acids is 1. The molecule has 3 nitrogen and oxygen atoms in total. The molecule has 1 amide bonds. The van der Waals surface area contributed by atoms with E-state index in [1.165, 1.54) is 0 Å². The Morgan fingerprint density at radius 1 is 1.35 bits per heavy atom. The SMILES string of the molecule is CCCCN(C(=O)COc1ccccc1Cl)C(C)CC. The molecule has 0 aliphatic carbocycles. The predicted octanol–water partition coefficient (Wildman–Crippen LogP) is 4.15. The molecule has 4 heteroatoms. The molecule has 1 aromatic carbocycles. The van der Waals surface area contributed by atoms with E-state index in [2.05, 4.69) is 20.8 Å². The average Bonchev–Trinajstić information content (AvgIpc) is 2.46. The van der Waals surface area contributed by atoms with E-state index in [-0.39, 0.29) is 18.6 Å². The molecule has 0 N–H and O–H groups in total. The first-order valence-electron chi connectivity index (χ1n) is 7.26. The first kappa shape index (κ1) is 16.8. The fraction of sp³-hybridized carbons (Fsp3) is 0.562. The van der Waals surface area contributed by atoms with E-state index in [0.717, 1.165) is 25.8 Å². The lowest BCUT2D eigenvalue weighted by Crippen LogP contribution is -2.41. The lowest BCUT2D eigenvalue weighted by Gasteiger charge is -2.28. The molecule has 0 spiro atoms. The molecule has 0 heterocycles. The van der Waals surface area contributed by atoms with Crippen molar-refractivity contribution in [2.24, 2.45) is 0 Å². The van der Waals surface area contributed by atoms with Crippen molar-refractivity contribution in [3.05, 3.63) is 29.3 Å². The van der Waals surface area contributed by atoms with E-state index in [9.17, 15) is 4.79 Å². The third-order valence-corrected chi connectivity index (χ3v) is 3.70. The zero-order valence-corrected chi connectivity index (χ0v) is 13.3. The number of carbonyl (C=O) groups is 1. The molecule has 112 valence electrons. The third-order valence-electron chi connectivity index (χ3n) is 3.38. The van der Waals surface area contributed by atoms with Gasteiger partial charge in [-0.2, -0.15) is 0 Å². The Labute approximate surface area is 126 Å². The number of benzene rings is 1. The molecule has 0 saturated heterocycles. The topological polar surface area (TPSA) is 29.5 Å². The van der Waals surface area contributed by atoms with Crippen molar-refractivity contribution >= 4 is 17.5 Å². The maximum Gasteiger partial charge on any atom is 0.260 e. The van der Waals surface area contributed by atoms with E-state index in [0.29, 0.717) is 10.8 Å². The molecule has 20 heavy (non-hydrogen) atoms. The summed E-state index contributed by atoms with van der Waals surface area (Å²) < 4.78 is 5.53. The summed E-state index contributed by atoms with van der Waals surface area (Å²) in [6, 6.07) is 7.45. The quantitative estimate of drug-likeness (QED) is 0.721. The Bertz CT molecular complexity index is 423. The summed E-state index contributed by atoms with van der Waals surface area (Å²) in [6.45, 7) is 7.11. The van der Waals surface area contributed by atoms with Gasteiger partial charge in [0.2, 0.25) is 0 Å². The van der Waals surface area contributed by atoms with Gasteiger partial charge in [0.25, 0.3) is 5.91 Å². The van der Waals surface area contributed by atoms with E-state index in [1.807, 2.05) is 17.0 Å². The van der Waals surface area contributed by atoms with Crippen LogP contribution in [0.25, 0.3) is 0 Å². The number of ether oxygens (including phenoxy) is 1. The van der Waals surface area contributed by atoms with Gasteiger partial charge in [-0.3, -0.25) is 4.79 Å². The van der Waals surface area contributed by atoms with E-state index < -0.39 is 0 Å². The van der Waals surface area contributed by atoms with Gasteiger partial charge in [-0.15, -0.1) is 0 Å². The second kappa shape index (κ2) is 8.85. The second-order valence-electron chi connectivity index (χ2n) is 4.92. The summed E-state index contributed by atoms with van der Waals surface area (Å²) >= 11 is 6.01. The number of unbranched alkanes of at least 4 members (excludes halogenated alkanes) is 1. The van der Waals surface area contributed by atoms with Crippen molar-refractivity contribution in [2.45, 2.75) is 46.1 Å². The monoisotopic (exact) mass is 297 g/mol. The van der Waals surface area contributed by atoms with E-state index in [4.69, 9.17) is 16.3 Å². The van der Waals surface area contributed by atoms with Crippen LogP contribution >= 0.6 is 11.6 Å². The third kappa shape index (κ3) is 5.04. The molecule has 0 saturated carbocycles. The Morgan fingerprint density at radius 2 is 2.05 bits per heavy atom. The van der Waals surface area contributed by atoms with E-state index >= 15 is 0 Å². The molecule has 0 aliphatic heterocycles. The molecule has 1 rings (SSSR count). The highest BCUT2D eigenvalue weighted by Crippen LogP contribution is 2.23. The van der Waals surface area contributed by atoms with Crippen LogP contribution in [0.5, 0.6) is 5.75 Å². The van der Waals surface area contributed by atoms with Gasteiger partial charge in [0.15, 0.2) is 6.61 Å². The second-order valence-corrected chi connectivity index (χ2v) is 5.32. The number of hydrogen-bond donors (Lipinski definition) is 0. The van der Waals surface area contributed by atoms with Crippen LogP contribution in [0.3, 0.4) is 0 Å². The van der Waals surface area contributed by atoms with Crippen molar-refractivity contribution in [1.29, 1.82) is 0 Å². The molecule has 1 unspecified atom stereocenters. The minimum Gasteiger partial charge on any atom is -0.482 e. The van der Waals surface area contributed by atoms with Crippen LogP contribution in [0.4, 0.5) is 0 Å². The summed E-state index contributed by atoms with van der Waals surface area (Å²) in [5.41, 5.74) is 0. The molecule has 0 fully saturated rings. The minimum atomic E-state index is 0.0210. The standard InChI is InChI=1S/C16H24ClNO2/c1-4-6-11-18(13(3)5-2)16(19)12-20-15-10-8-7-9-14(15)17/h7-10,13H,4-6,11-12H2,1-3H3. The lowest BCUT2D eigenvalue weighted by atomic mass is 10.2.